The molecule has 0 aromatic heterocycles. The SMILES string of the molecule is CCCCCCC(NCCC)c1ccc(OCC)cc1Br. The molecule has 0 aliphatic heterocycles. The zero-order valence-electron chi connectivity index (χ0n) is 13.8. The summed E-state index contributed by atoms with van der Waals surface area (Å²) in [5, 5.41) is 3.68. The van der Waals surface area contributed by atoms with E-state index in [0.717, 1.165) is 16.8 Å². The van der Waals surface area contributed by atoms with Crippen molar-refractivity contribution < 1.29 is 4.74 Å². The van der Waals surface area contributed by atoms with Crippen LogP contribution in [-0.2, 0) is 0 Å². The molecule has 0 radical (unpaired) electrons. The Morgan fingerprint density at radius 1 is 1.10 bits per heavy atom. The maximum Gasteiger partial charge on any atom is 0.120 e. The molecule has 120 valence electrons. The van der Waals surface area contributed by atoms with Crippen LogP contribution in [0, 0.1) is 0 Å². The first-order chi connectivity index (χ1) is 10.2. The van der Waals surface area contributed by atoms with Crippen molar-refractivity contribution in [2.45, 2.75) is 65.3 Å². The highest BCUT2D eigenvalue weighted by Gasteiger charge is 2.14. The Balaban J connectivity index is 2.71. The molecule has 1 N–H and O–H groups in total. The maximum atomic E-state index is 5.57. The lowest BCUT2D eigenvalue weighted by molar-refractivity contribution is 0.339. The minimum atomic E-state index is 0.437. The number of unbranched alkanes of at least 4 members (excludes halogenated alkanes) is 3. The van der Waals surface area contributed by atoms with Crippen LogP contribution in [0.4, 0.5) is 0 Å². The number of halogens is 1. The van der Waals surface area contributed by atoms with Crippen LogP contribution in [0.1, 0.15) is 70.9 Å². The normalized spacial score (nSPS) is 12.4. The third kappa shape index (κ3) is 6.84. The summed E-state index contributed by atoms with van der Waals surface area (Å²) >= 11 is 3.71. The van der Waals surface area contributed by atoms with E-state index >= 15 is 0 Å². The number of hydrogen-bond acceptors (Lipinski definition) is 2. The predicted molar refractivity (Wildman–Crippen MR) is 95.1 cm³/mol. The molecule has 2 nitrogen and oxygen atoms in total. The Hall–Kier alpha value is -0.540. The highest BCUT2D eigenvalue weighted by atomic mass is 79.9. The lowest BCUT2D eigenvalue weighted by atomic mass is 9.99. The first-order valence-electron chi connectivity index (χ1n) is 8.38. The highest BCUT2D eigenvalue weighted by molar-refractivity contribution is 9.10. The summed E-state index contributed by atoms with van der Waals surface area (Å²) in [4.78, 5) is 0. The third-order valence-corrected chi connectivity index (χ3v) is 4.33. The van der Waals surface area contributed by atoms with E-state index in [1.165, 1.54) is 44.1 Å². The largest absolute Gasteiger partial charge is 0.494 e. The number of ether oxygens (including phenoxy) is 1. The average molecular weight is 356 g/mol. The monoisotopic (exact) mass is 355 g/mol. The Kier molecular flexibility index (Phi) is 9.77. The van der Waals surface area contributed by atoms with Crippen molar-refractivity contribution >= 4 is 15.9 Å². The van der Waals surface area contributed by atoms with Gasteiger partial charge in [-0.15, -0.1) is 0 Å². The van der Waals surface area contributed by atoms with Gasteiger partial charge in [0.15, 0.2) is 0 Å². The van der Waals surface area contributed by atoms with E-state index in [1.54, 1.807) is 0 Å². The summed E-state index contributed by atoms with van der Waals surface area (Å²) in [6, 6.07) is 6.80. The highest BCUT2D eigenvalue weighted by Crippen LogP contribution is 2.30. The summed E-state index contributed by atoms with van der Waals surface area (Å²) in [6.07, 6.45) is 7.61. The molecular formula is C18H30BrNO. The van der Waals surface area contributed by atoms with E-state index < -0.39 is 0 Å². The van der Waals surface area contributed by atoms with Gasteiger partial charge in [-0.1, -0.05) is 61.5 Å². The van der Waals surface area contributed by atoms with Crippen molar-refractivity contribution in [1.82, 2.24) is 5.32 Å². The van der Waals surface area contributed by atoms with Gasteiger partial charge in [0.25, 0.3) is 0 Å². The Labute approximate surface area is 138 Å². The number of benzene rings is 1. The van der Waals surface area contributed by atoms with Crippen molar-refractivity contribution in [1.29, 1.82) is 0 Å². The molecular weight excluding hydrogens is 326 g/mol. The fraction of sp³-hybridized carbons (Fsp3) is 0.667. The maximum absolute atomic E-state index is 5.57. The van der Waals surface area contributed by atoms with Gasteiger partial charge in [0, 0.05) is 10.5 Å². The van der Waals surface area contributed by atoms with Crippen LogP contribution >= 0.6 is 15.9 Å². The molecule has 0 heterocycles. The van der Waals surface area contributed by atoms with Crippen LogP contribution < -0.4 is 10.1 Å². The first-order valence-corrected chi connectivity index (χ1v) is 9.17. The Morgan fingerprint density at radius 3 is 2.52 bits per heavy atom. The second-order valence-corrected chi connectivity index (χ2v) is 6.33. The van der Waals surface area contributed by atoms with E-state index in [4.69, 9.17) is 4.74 Å². The van der Waals surface area contributed by atoms with Gasteiger partial charge in [-0.3, -0.25) is 0 Å². The van der Waals surface area contributed by atoms with Crippen LogP contribution in [0.5, 0.6) is 5.75 Å². The van der Waals surface area contributed by atoms with Gasteiger partial charge < -0.3 is 10.1 Å². The Bertz CT molecular complexity index is 395. The zero-order valence-corrected chi connectivity index (χ0v) is 15.3. The summed E-state index contributed by atoms with van der Waals surface area (Å²) in [6.45, 7) is 8.27. The molecule has 21 heavy (non-hydrogen) atoms. The first kappa shape index (κ1) is 18.5. The molecule has 1 unspecified atom stereocenters. The molecule has 0 fully saturated rings. The van der Waals surface area contributed by atoms with Crippen LogP contribution in [0.2, 0.25) is 0 Å². The molecule has 0 aliphatic carbocycles. The fourth-order valence-electron chi connectivity index (χ4n) is 2.51. The fourth-order valence-corrected chi connectivity index (χ4v) is 3.14. The molecule has 0 spiro atoms. The molecule has 0 saturated carbocycles. The van der Waals surface area contributed by atoms with Crippen molar-refractivity contribution in [3.8, 4) is 5.75 Å². The Morgan fingerprint density at radius 2 is 1.90 bits per heavy atom. The smallest absolute Gasteiger partial charge is 0.120 e. The lowest BCUT2D eigenvalue weighted by Crippen LogP contribution is -2.22. The molecule has 0 saturated heterocycles. The summed E-state index contributed by atoms with van der Waals surface area (Å²) in [5.74, 6) is 0.938. The standard InChI is InChI=1S/C18H30BrNO/c1-4-7-8-9-10-18(20-13-5-2)16-12-11-15(21-6-3)14-17(16)19/h11-12,14,18,20H,4-10,13H2,1-3H3. The second kappa shape index (κ2) is 11.1. The predicted octanol–water partition coefficient (Wildman–Crippen LogP) is 5.86. The molecule has 0 amide bonds. The third-order valence-electron chi connectivity index (χ3n) is 3.65. The summed E-state index contributed by atoms with van der Waals surface area (Å²) in [7, 11) is 0. The van der Waals surface area contributed by atoms with Gasteiger partial charge >= 0.3 is 0 Å². The number of nitrogens with one attached hydrogen (secondary N) is 1. The lowest BCUT2D eigenvalue weighted by Gasteiger charge is -2.21. The van der Waals surface area contributed by atoms with Crippen molar-refractivity contribution in [2.75, 3.05) is 13.2 Å². The van der Waals surface area contributed by atoms with E-state index in [1.807, 2.05) is 6.92 Å². The van der Waals surface area contributed by atoms with E-state index in [0.29, 0.717) is 12.6 Å². The van der Waals surface area contributed by atoms with Crippen molar-refractivity contribution in [2.24, 2.45) is 0 Å². The van der Waals surface area contributed by atoms with Crippen LogP contribution in [0.15, 0.2) is 22.7 Å². The van der Waals surface area contributed by atoms with Gasteiger partial charge in [0.2, 0.25) is 0 Å². The minimum absolute atomic E-state index is 0.437. The zero-order chi connectivity index (χ0) is 15.5. The van der Waals surface area contributed by atoms with Crippen LogP contribution in [0.25, 0.3) is 0 Å². The number of hydrogen-bond donors (Lipinski definition) is 1. The molecule has 1 atom stereocenters. The van der Waals surface area contributed by atoms with Crippen LogP contribution in [-0.4, -0.2) is 13.2 Å². The topological polar surface area (TPSA) is 21.3 Å². The van der Waals surface area contributed by atoms with Gasteiger partial charge in [0.05, 0.1) is 6.61 Å². The van der Waals surface area contributed by atoms with Gasteiger partial charge in [-0.2, -0.15) is 0 Å². The van der Waals surface area contributed by atoms with E-state index in [9.17, 15) is 0 Å². The summed E-state index contributed by atoms with van der Waals surface area (Å²) < 4.78 is 6.72. The molecule has 3 heteroatoms. The molecule has 1 aromatic carbocycles. The van der Waals surface area contributed by atoms with E-state index in [-0.39, 0.29) is 0 Å². The second-order valence-electron chi connectivity index (χ2n) is 5.47. The van der Waals surface area contributed by atoms with Crippen molar-refractivity contribution in [3.05, 3.63) is 28.2 Å². The average Bonchev–Trinajstić information content (AvgIpc) is 2.48. The molecule has 1 rings (SSSR count). The van der Waals surface area contributed by atoms with Crippen LogP contribution in [0.3, 0.4) is 0 Å². The quantitative estimate of drug-likeness (QED) is 0.502. The molecule has 0 bridgehead atoms. The molecule has 1 aromatic rings. The van der Waals surface area contributed by atoms with Crippen molar-refractivity contribution in [3.63, 3.8) is 0 Å². The minimum Gasteiger partial charge on any atom is -0.494 e. The van der Waals surface area contributed by atoms with Gasteiger partial charge in [0.1, 0.15) is 5.75 Å². The van der Waals surface area contributed by atoms with E-state index in [2.05, 4.69) is 53.3 Å². The molecule has 0 aliphatic rings. The number of rotatable bonds is 11. The van der Waals surface area contributed by atoms with Gasteiger partial charge in [-0.25, -0.2) is 0 Å². The summed E-state index contributed by atoms with van der Waals surface area (Å²) in [5.41, 5.74) is 1.35. The van der Waals surface area contributed by atoms with Gasteiger partial charge in [-0.05, 0) is 44.0 Å².